The molecule has 2 aromatic rings. The lowest BCUT2D eigenvalue weighted by molar-refractivity contribution is -0.143. The van der Waals surface area contributed by atoms with Crippen LogP contribution >= 0.6 is 0 Å². The number of benzene rings is 2. The molecule has 152 valence electrons. The summed E-state index contributed by atoms with van der Waals surface area (Å²) in [5.74, 6) is -12.1. The third-order valence-electron chi connectivity index (χ3n) is 3.72. The van der Waals surface area contributed by atoms with Gasteiger partial charge in [0.25, 0.3) is 0 Å². The predicted molar refractivity (Wildman–Crippen MR) is 85.2 cm³/mol. The molecule has 0 saturated heterocycles. The SMILES string of the molecule is CC(COCc1ccccc1)C(=O)Nc1c(F)c(F)c(C(F)(F)F)c(F)c1F. The van der Waals surface area contributed by atoms with Crippen molar-refractivity contribution in [1.29, 1.82) is 0 Å². The Labute approximate surface area is 155 Å². The van der Waals surface area contributed by atoms with Crippen molar-refractivity contribution in [1.82, 2.24) is 0 Å². The van der Waals surface area contributed by atoms with Crippen molar-refractivity contribution in [2.75, 3.05) is 11.9 Å². The second kappa shape index (κ2) is 8.59. The van der Waals surface area contributed by atoms with Crippen LogP contribution in [0.1, 0.15) is 18.1 Å². The summed E-state index contributed by atoms with van der Waals surface area (Å²) in [6.07, 6.45) is -5.66. The molecule has 0 heterocycles. The molecule has 0 aliphatic heterocycles. The Morgan fingerprint density at radius 1 is 1.00 bits per heavy atom. The highest BCUT2D eigenvalue weighted by atomic mass is 19.4. The molecule has 0 bridgehead atoms. The number of amides is 1. The van der Waals surface area contributed by atoms with Gasteiger partial charge in [0.05, 0.1) is 19.1 Å². The Kier molecular flexibility index (Phi) is 6.65. The van der Waals surface area contributed by atoms with Crippen LogP contribution in [0, 0.1) is 29.2 Å². The number of hydrogen-bond donors (Lipinski definition) is 1. The van der Waals surface area contributed by atoms with E-state index in [-0.39, 0.29) is 13.2 Å². The van der Waals surface area contributed by atoms with Crippen LogP contribution in [0.4, 0.5) is 36.4 Å². The maximum atomic E-state index is 13.8. The number of carbonyl (C=O) groups is 1. The van der Waals surface area contributed by atoms with E-state index in [0.29, 0.717) is 0 Å². The smallest absolute Gasteiger partial charge is 0.376 e. The summed E-state index contributed by atoms with van der Waals surface area (Å²) in [6.45, 7) is 1.22. The van der Waals surface area contributed by atoms with Gasteiger partial charge in [-0.1, -0.05) is 37.3 Å². The van der Waals surface area contributed by atoms with E-state index in [9.17, 15) is 35.5 Å². The van der Waals surface area contributed by atoms with Crippen LogP contribution in [0.15, 0.2) is 30.3 Å². The van der Waals surface area contributed by atoms with Crippen LogP contribution in [0.2, 0.25) is 0 Å². The lowest BCUT2D eigenvalue weighted by Crippen LogP contribution is -2.26. The van der Waals surface area contributed by atoms with Gasteiger partial charge in [0, 0.05) is 0 Å². The van der Waals surface area contributed by atoms with Gasteiger partial charge in [-0.3, -0.25) is 4.79 Å². The quantitative estimate of drug-likeness (QED) is 0.536. The minimum absolute atomic E-state index is 0.130. The first-order valence-corrected chi connectivity index (χ1v) is 7.89. The monoisotopic (exact) mass is 409 g/mol. The molecule has 0 saturated carbocycles. The zero-order chi connectivity index (χ0) is 21.1. The van der Waals surface area contributed by atoms with Crippen molar-refractivity contribution in [2.24, 2.45) is 5.92 Å². The van der Waals surface area contributed by atoms with Gasteiger partial charge in [0.1, 0.15) is 11.3 Å². The number of hydrogen-bond acceptors (Lipinski definition) is 2. The Balaban J connectivity index is 2.11. The zero-order valence-corrected chi connectivity index (χ0v) is 14.3. The van der Waals surface area contributed by atoms with E-state index in [1.54, 1.807) is 35.6 Å². The van der Waals surface area contributed by atoms with Gasteiger partial charge in [-0.15, -0.1) is 0 Å². The van der Waals surface area contributed by atoms with Crippen LogP contribution in [0.25, 0.3) is 0 Å². The van der Waals surface area contributed by atoms with Gasteiger partial charge in [-0.2, -0.15) is 13.2 Å². The van der Waals surface area contributed by atoms with E-state index in [1.165, 1.54) is 6.92 Å². The third kappa shape index (κ3) is 4.80. The number of nitrogens with one attached hydrogen (secondary N) is 1. The highest BCUT2D eigenvalue weighted by Gasteiger charge is 2.42. The number of alkyl halides is 3. The molecule has 2 aromatic carbocycles. The fourth-order valence-electron chi connectivity index (χ4n) is 2.24. The Morgan fingerprint density at radius 2 is 1.54 bits per heavy atom. The lowest BCUT2D eigenvalue weighted by Gasteiger charge is -2.16. The van der Waals surface area contributed by atoms with E-state index >= 15 is 0 Å². The number of rotatable bonds is 6. The van der Waals surface area contributed by atoms with Crippen molar-refractivity contribution in [2.45, 2.75) is 19.7 Å². The minimum atomic E-state index is -5.66. The van der Waals surface area contributed by atoms with Crippen molar-refractivity contribution in [3.05, 3.63) is 64.7 Å². The molecule has 0 aliphatic carbocycles. The maximum absolute atomic E-state index is 13.8. The van der Waals surface area contributed by atoms with Gasteiger partial charge in [-0.05, 0) is 5.56 Å². The molecule has 1 amide bonds. The van der Waals surface area contributed by atoms with E-state index in [1.807, 2.05) is 0 Å². The topological polar surface area (TPSA) is 38.3 Å². The summed E-state index contributed by atoms with van der Waals surface area (Å²) in [5.41, 5.74) is -3.55. The second-order valence-electron chi connectivity index (χ2n) is 5.89. The molecule has 3 nitrogen and oxygen atoms in total. The molecule has 0 spiro atoms. The highest BCUT2D eigenvalue weighted by Crippen LogP contribution is 2.38. The van der Waals surface area contributed by atoms with E-state index in [4.69, 9.17) is 4.74 Å². The largest absolute Gasteiger partial charge is 0.422 e. The van der Waals surface area contributed by atoms with Crippen LogP contribution in [-0.2, 0) is 22.3 Å². The minimum Gasteiger partial charge on any atom is -0.376 e. The normalized spacial score (nSPS) is 12.7. The van der Waals surface area contributed by atoms with Crippen molar-refractivity contribution < 1.29 is 40.3 Å². The molecule has 1 unspecified atom stereocenters. The molecule has 1 atom stereocenters. The molecule has 0 aliphatic rings. The molecule has 0 fully saturated rings. The predicted octanol–water partition coefficient (Wildman–Crippen LogP) is 5.05. The zero-order valence-electron chi connectivity index (χ0n) is 14.3. The number of anilines is 1. The van der Waals surface area contributed by atoms with Gasteiger partial charge in [0.2, 0.25) is 5.91 Å². The van der Waals surface area contributed by atoms with Crippen molar-refractivity contribution >= 4 is 11.6 Å². The molecular weight excluding hydrogens is 395 g/mol. The van der Waals surface area contributed by atoms with E-state index < -0.39 is 52.5 Å². The van der Waals surface area contributed by atoms with Gasteiger partial charge in [-0.25, -0.2) is 17.6 Å². The average Bonchev–Trinajstić information content (AvgIpc) is 2.63. The number of carbonyl (C=O) groups excluding carboxylic acids is 1. The van der Waals surface area contributed by atoms with Gasteiger partial charge < -0.3 is 10.1 Å². The molecule has 1 N–H and O–H groups in total. The van der Waals surface area contributed by atoms with Crippen molar-refractivity contribution in [3.8, 4) is 0 Å². The lowest BCUT2D eigenvalue weighted by atomic mass is 10.1. The number of halogens is 7. The van der Waals surface area contributed by atoms with Crippen LogP contribution in [0.3, 0.4) is 0 Å². The summed E-state index contributed by atoms with van der Waals surface area (Å²) in [6, 6.07) is 8.81. The highest BCUT2D eigenvalue weighted by molar-refractivity contribution is 5.92. The molecule has 28 heavy (non-hydrogen) atoms. The maximum Gasteiger partial charge on any atom is 0.422 e. The summed E-state index contributed by atoms with van der Waals surface area (Å²) in [4.78, 5) is 12.0. The molecule has 2 rings (SSSR count). The number of ether oxygens (including phenoxy) is 1. The summed E-state index contributed by atoms with van der Waals surface area (Å²) < 4.78 is 97.7. The van der Waals surface area contributed by atoms with E-state index in [0.717, 1.165) is 5.56 Å². The first-order valence-electron chi connectivity index (χ1n) is 7.89. The standard InChI is InChI=1S/C18H14F7NO2/c1-9(7-28-8-10-5-3-2-4-6-10)17(27)26-16-14(21)12(19)11(18(23,24)25)13(20)15(16)22/h2-6,9H,7-8H2,1H3,(H,26,27). The molecule has 0 radical (unpaired) electrons. The fourth-order valence-corrected chi connectivity index (χ4v) is 2.24. The van der Waals surface area contributed by atoms with Crippen LogP contribution in [0.5, 0.6) is 0 Å². The average molecular weight is 409 g/mol. The Hall–Kier alpha value is -2.62. The van der Waals surface area contributed by atoms with Crippen LogP contribution < -0.4 is 5.32 Å². The summed E-state index contributed by atoms with van der Waals surface area (Å²) in [5, 5.41) is 1.57. The second-order valence-corrected chi connectivity index (χ2v) is 5.89. The van der Waals surface area contributed by atoms with Crippen LogP contribution in [-0.4, -0.2) is 12.5 Å². The molecular formula is C18H14F7NO2. The summed E-state index contributed by atoms with van der Waals surface area (Å²) in [7, 11) is 0. The molecule has 0 aromatic heterocycles. The first-order chi connectivity index (χ1) is 13.0. The van der Waals surface area contributed by atoms with E-state index in [2.05, 4.69) is 0 Å². The summed E-state index contributed by atoms with van der Waals surface area (Å²) >= 11 is 0. The van der Waals surface area contributed by atoms with Gasteiger partial charge >= 0.3 is 6.18 Å². The fraction of sp³-hybridized carbons (Fsp3) is 0.278. The first kappa shape index (κ1) is 21.7. The van der Waals surface area contributed by atoms with Crippen molar-refractivity contribution in [3.63, 3.8) is 0 Å². The Morgan fingerprint density at radius 3 is 2.04 bits per heavy atom. The third-order valence-corrected chi connectivity index (χ3v) is 3.72. The molecule has 10 heteroatoms. The van der Waals surface area contributed by atoms with Gasteiger partial charge in [0.15, 0.2) is 23.3 Å². The Bertz CT molecular complexity index is 824.